The fourth-order valence-corrected chi connectivity index (χ4v) is 1.93. The van der Waals surface area contributed by atoms with Crippen LogP contribution >= 0.6 is 0 Å². The summed E-state index contributed by atoms with van der Waals surface area (Å²) in [5, 5.41) is 3.08. The molecule has 1 aliphatic heterocycles. The van der Waals surface area contributed by atoms with Crippen LogP contribution in [0.4, 0.5) is 11.6 Å². The van der Waals surface area contributed by atoms with Crippen LogP contribution in [0, 0.1) is 6.92 Å². The summed E-state index contributed by atoms with van der Waals surface area (Å²) < 4.78 is 5.23. The van der Waals surface area contributed by atoms with Gasteiger partial charge in [0.2, 0.25) is 5.91 Å². The van der Waals surface area contributed by atoms with Crippen LogP contribution in [0.15, 0.2) is 6.33 Å². The monoisotopic (exact) mass is 265 g/mol. The number of nitrogens with two attached hydrogens (primary N) is 1. The summed E-state index contributed by atoms with van der Waals surface area (Å²) in [6, 6.07) is -0.355. The zero-order valence-corrected chi connectivity index (χ0v) is 11.2. The normalized spacial score (nSPS) is 17.1. The van der Waals surface area contributed by atoms with E-state index in [9.17, 15) is 4.79 Å². The molecule has 1 saturated heterocycles. The molecule has 3 N–H and O–H groups in total. The Morgan fingerprint density at radius 1 is 1.47 bits per heavy atom. The van der Waals surface area contributed by atoms with Crippen LogP contribution in [0.3, 0.4) is 0 Å². The maximum absolute atomic E-state index is 12.2. The highest BCUT2D eigenvalue weighted by Gasteiger charge is 2.23. The average molecular weight is 265 g/mol. The van der Waals surface area contributed by atoms with Gasteiger partial charge in [-0.15, -0.1) is 0 Å². The predicted molar refractivity (Wildman–Crippen MR) is 71.7 cm³/mol. The number of ether oxygens (including phenoxy) is 1. The summed E-state index contributed by atoms with van der Waals surface area (Å²) in [5.41, 5.74) is 6.47. The molecule has 0 spiro atoms. The van der Waals surface area contributed by atoms with E-state index in [1.807, 2.05) is 13.8 Å². The van der Waals surface area contributed by atoms with Gasteiger partial charge in [0.25, 0.3) is 0 Å². The molecule has 2 rings (SSSR count). The third kappa shape index (κ3) is 3.11. The highest BCUT2D eigenvalue weighted by Crippen LogP contribution is 2.16. The molecule has 1 aromatic heterocycles. The molecule has 7 nitrogen and oxygen atoms in total. The molecule has 19 heavy (non-hydrogen) atoms. The molecule has 2 heterocycles. The molecule has 0 aromatic carbocycles. The molecule has 0 aliphatic carbocycles. The van der Waals surface area contributed by atoms with Crippen LogP contribution in [0.25, 0.3) is 0 Å². The van der Waals surface area contributed by atoms with Gasteiger partial charge in [0.1, 0.15) is 24.0 Å². The number of morpholine rings is 1. The van der Waals surface area contributed by atoms with Gasteiger partial charge in [0.15, 0.2) is 0 Å². The van der Waals surface area contributed by atoms with Gasteiger partial charge in [-0.1, -0.05) is 0 Å². The average Bonchev–Trinajstić information content (AvgIpc) is 2.44. The number of aromatic nitrogens is 2. The number of amides is 1. The summed E-state index contributed by atoms with van der Waals surface area (Å²) in [4.78, 5) is 22.0. The number of carbonyl (C=O) groups excluding carboxylic acids is 1. The lowest BCUT2D eigenvalue weighted by Gasteiger charge is -2.29. The number of hydrogen-bond acceptors (Lipinski definition) is 6. The van der Waals surface area contributed by atoms with Gasteiger partial charge in [-0.3, -0.25) is 4.79 Å². The third-order valence-electron chi connectivity index (χ3n) is 3.17. The molecule has 1 fully saturated rings. The second-order valence-corrected chi connectivity index (χ2v) is 4.54. The molecule has 7 heteroatoms. The molecule has 0 radical (unpaired) electrons. The molecule has 1 aromatic rings. The molecule has 1 amide bonds. The number of nitrogens with zero attached hydrogens (tertiary/aromatic N) is 3. The molecule has 0 saturated carbocycles. The highest BCUT2D eigenvalue weighted by atomic mass is 16.5. The van der Waals surface area contributed by atoms with E-state index in [1.54, 1.807) is 4.90 Å². The first-order valence-electron chi connectivity index (χ1n) is 6.29. The van der Waals surface area contributed by atoms with E-state index in [0.717, 1.165) is 5.56 Å². The fraction of sp³-hybridized carbons (Fsp3) is 0.583. The zero-order chi connectivity index (χ0) is 13.8. The maximum atomic E-state index is 12.2. The van der Waals surface area contributed by atoms with Crippen molar-refractivity contribution >= 4 is 17.5 Å². The van der Waals surface area contributed by atoms with Crippen LogP contribution in [-0.2, 0) is 9.53 Å². The minimum atomic E-state index is -0.355. The van der Waals surface area contributed by atoms with Crippen molar-refractivity contribution in [2.24, 2.45) is 0 Å². The lowest BCUT2D eigenvalue weighted by molar-refractivity contribution is -0.135. The summed E-state index contributed by atoms with van der Waals surface area (Å²) in [6.45, 7) is 6.10. The lowest BCUT2D eigenvalue weighted by Crippen LogP contribution is -2.47. The van der Waals surface area contributed by atoms with Crippen molar-refractivity contribution in [3.8, 4) is 0 Å². The number of hydrogen-bond donors (Lipinski definition) is 2. The Labute approximate surface area is 112 Å². The van der Waals surface area contributed by atoms with E-state index < -0.39 is 0 Å². The van der Waals surface area contributed by atoms with E-state index in [1.165, 1.54) is 6.33 Å². The summed E-state index contributed by atoms with van der Waals surface area (Å²) in [6.07, 6.45) is 1.39. The summed E-state index contributed by atoms with van der Waals surface area (Å²) in [5.74, 6) is 1.06. The Morgan fingerprint density at radius 2 is 2.16 bits per heavy atom. The Kier molecular flexibility index (Phi) is 4.16. The molecule has 1 unspecified atom stereocenters. The molecule has 1 aliphatic rings. The molecule has 0 bridgehead atoms. The largest absolute Gasteiger partial charge is 0.383 e. The smallest absolute Gasteiger partial charge is 0.244 e. The number of anilines is 2. The van der Waals surface area contributed by atoms with Crippen molar-refractivity contribution in [3.05, 3.63) is 11.9 Å². The fourth-order valence-electron chi connectivity index (χ4n) is 1.93. The predicted octanol–water partition coefficient (Wildman–Crippen LogP) is 0.0264. The van der Waals surface area contributed by atoms with Gasteiger partial charge in [-0.2, -0.15) is 0 Å². The summed E-state index contributed by atoms with van der Waals surface area (Å²) >= 11 is 0. The number of nitrogen functional groups attached to an aromatic ring is 1. The second-order valence-electron chi connectivity index (χ2n) is 4.54. The van der Waals surface area contributed by atoms with Crippen molar-refractivity contribution in [3.63, 3.8) is 0 Å². The van der Waals surface area contributed by atoms with Gasteiger partial charge in [-0.25, -0.2) is 9.97 Å². The Morgan fingerprint density at radius 3 is 2.84 bits per heavy atom. The zero-order valence-electron chi connectivity index (χ0n) is 11.2. The Bertz CT molecular complexity index is 459. The van der Waals surface area contributed by atoms with E-state index in [2.05, 4.69) is 15.3 Å². The topological polar surface area (TPSA) is 93.4 Å². The van der Waals surface area contributed by atoms with Crippen LogP contribution < -0.4 is 11.1 Å². The second kappa shape index (κ2) is 5.83. The minimum Gasteiger partial charge on any atom is -0.383 e. The standard InChI is InChI=1S/C12H19N5O2/c1-8-10(13)14-7-15-11(8)16-9(2)12(18)17-3-5-19-6-4-17/h7,9H,3-6H2,1-2H3,(H3,13,14,15,16). The third-order valence-corrected chi connectivity index (χ3v) is 3.17. The van der Waals surface area contributed by atoms with Crippen molar-refractivity contribution in [1.82, 2.24) is 14.9 Å². The quantitative estimate of drug-likeness (QED) is 0.800. The SMILES string of the molecule is Cc1c(N)ncnc1NC(C)C(=O)N1CCOCC1. The van der Waals surface area contributed by atoms with E-state index >= 15 is 0 Å². The van der Waals surface area contributed by atoms with Gasteiger partial charge in [0, 0.05) is 18.7 Å². The van der Waals surface area contributed by atoms with Crippen molar-refractivity contribution in [2.75, 3.05) is 37.4 Å². The van der Waals surface area contributed by atoms with Gasteiger partial charge in [-0.05, 0) is 13.8 Å². The van der Waals surface area contributed by atoms with E-state index in [-0.39, 0.29) is 11.9 Å². The molecular weight excluding hydrogens is 246 g/mol. The minimum absolute atomic E-state index is 0.0416. The first-order chi connectivity index (χ1) is 9.09. The summed E-state index contributed by atoms with van der Waals surface area (Å²) in [7, 11) is 0. The van der Waals surface area contributed by atoms with E-state index in [4.69, 9.17) is 10.5 Å². The van der Waals surface area contributed by atoms with Crippen molar-refractivity contribution in [1.29, 1.82) is 0 Å². The van der Waals surface area contributed by atoms with Crippen LogP contribution in [0.1, 0.15) is 12.5 Å². The number of carbonyl (C=O) groups is 1. The van der Waals surface area contributed by atoms with Gasteiger partial charge >= 0.3 is 0 Å². The van der Waals surface area contributed by atoms with E-state index in [0.29, 0.717) is 37.9 Å². The van der Waals surface area contributed by atoms with Gasteiger partial charge in [0.05, 0.1) is 13.2 Å². The van der Waals surface area contributed by atoms with Crippen LogP contribution in [-0.4, -0.2) is 53.1 Å². The lowest BCUT2D eigenvalue weighted by atomic mass is 10.2. The first-order valence-corrected chi connectivity index (χ1v) is 6.29. The highest BCUT2D eigenvalue weighted by molar-refractivity contribution is 5.84. The molecule has 104 valence electrons. The van der Waals surface area contributed by atoms with Crippen molar-refractivity contribution in [2.45, 2.75) is 19.9 Å². The van der Waals surface area contributed by atoms with Crippen molar-refractivity contribution < 1.29 is 9.53 Å². The Balaban J connectivity index is 2.01. The van der Waals surface area contributed by atoms with Crippen LogP contribution in [0.2, 0.25) is 0 Å². The van der Waals surface area contributed by atoms with Gasteiger partial charge < -0.3 is 20.7 Å². The Hall–Kier alpha value is -1.89. The maximum Gasteiger partial charge on any atom is 0.244 e. The number of nitrogens with one attached hydrogen (secondary N) is 1. The molecular formula is C12H19N5O2. The number of rotatable bonds is 3. The molecule has 1 atom stereocenters. The van der Waals surface area contributed by atoms with Crippen LogP contribution in [0.5, 0.6) is 0 Å². The first kappa shape index (κ1) is 13.5.